The number of hydrogen-bond acceptors (Lipinski definition) is 2. The number of carbonyl (C=O) groups excluding carboxylic acids is 2. The zero-order chi connectivity index (χ0) is 23.7. The minimum atomic E-state index is -0.245. The lowest BCUT2D eigenvalue weighted by atomic mass is 10.0. The van der Waals surface area contributed by atoms with E-state index in [0.29, 0.717) is 39.8 Å². The van der Waals surface area contributed by atoms with Gasteiger partial charge < -0.3 is 10.2 Å². The van der Waals surface area contributed by atoms with E-state index in [2.05, 4.69) is 17.4 Å². The molecule has 4 nitrogen and oxygen atoms in total. The molecule has 4 aromatic rings. The number of fused-ring (bicyclic) bond motifs is 2. The number of amides is 2. The fourth-order valence-corrected chi connectivity index (χ4v) is 4.46. The summed E-state index contributed by atoms with van der Waals surface area (Å²) in [6, 6.07) is 27.4. The highest BCUT2D eigenvalue weighted by atomic mass is 35.5. The van der Waals surface area contributed by atoms with Crippen molar-refractivity contribution in [2.24, 2.45) is 0 Å². The van der Waals surface area contributed by atoms with Gasteiger partial charge in [-0.15, -0.1) is 0 Å². The van der Waals surface area contributed by atoms with Crippen molar-refractivity contribution in [3.05, 3.63) is 129 Å². The summed E-state index contributed by atoms with van der Waals surface area (Å²) in [6.07, 6.45) is 0.714. The van der Waals surface area contributed by atoms with E-state index in [0.717, 1.165) is 16.8 Å². The largest absolute Gasteiger partial charge is 0.322 e. The van der Waals surface area contributed by atoms with E-state index in [9.17, 15) is 9.59 Å². The number of carbonyl (C=O) groups is 2. The third-order valence-electron chi connectivity index (χ3n) is 5.90. The summed E-state index contributed by atoms with van der Waals surface area (Å²) in [5, 5.41) is 4.06. The first-order valence-corrected chi connectivity index (χ1v) is 11.6. The molecule has 1 aliphatic rings. The lowest BCUT2D eigenvalue weighted by Gasteiger charge is -2.24. The molecular formula is C28H20Cl2N2O2. The highest BCUT2D eigenvalue weighted by molar-refractivity contribution is 6.31. The molecular weight excluding hydrogens is 467 g/mol. The van der Waals surface area contributed by atoms with Crippen molar-refractivity contribution in [1.29, 1.82) is 0 Å². The quantitative estimate of drug-likeness (QED) is 0.338. The predicted octanol–water partition coefficient (Wildman–Crippen LogP) is 7.00. The number of nitrogens with zero attached hydrogens (tertiary/aromatic N) is 1. The van der Waals surface area contributed by atoms with Crippen LogP contribution in [0, 0.1) is 0 Å². The SMILES string of the molecule is O=C(Nc1ccc(C(=O)N2Cc3ccccc3Cc3cc(Cl)ccc32)cc1)c1ccc(Cl)cc1. The number of hydrogen-bond donors (Lipinski definition) is 1. The zero-order valence-electron chi connectivity index (χ0n) is 18.1. The van der Waals surface area contributed by atoms with Crippen molar-refractivity contribution >= 4 is 46.4 Å². The van der Waals surface area contributed by atoms with E-state index in [1.165, 1.54) is 5.56 Å². The van der Waals surface area contributed by atoms with Crippen LogP contribution in [-0.4, -0.2) is 11.8 Å². The van der Waals surface area contributed by atoms with E-state index >= 15 is 0 Å². The first kappa shape index (κ1) is 22.2. The van der Waals surface area contributed by atoms with Crippen LogP contribution in [0.5, 0.6) is 0 Å². The Morgan fingerprint density at radius 3 is 2.09 bits per heavy atom. The average Bonchev–Trinajstić information content (AvgIpc) is 3.00. The monoisotopic (exact) mass is 486 g/mol. The maximum absolute atomic E-state index is 13.6. The van der Waals surface area contributed by atoms with E-state index in [-0.39, 0.29) is 11.8 Å². The maximum atomic E-state index is 13.6. The molecule has 0 atom stereocenters. The highest BCUT2D eigenvalue weighted by Crippen LogP contribution is 2.33. The summed E-state index contributed by atoms with van der Waals surface area (Å²) >= 11 is 12.2. The first-order chi connectivity index (χ1) is 16.5. The van der Waals surface area contributed by atoms with Gasteiger partial charge >= 0.3 is 0 Å². The summed E-state index contributed by atoms with van der Waals surface area (Å²) in [6.45, 7) is 0.471. The lowest BCUT2D eigenvalue weighted by Crippen LogP contribution is -2.30. The van der Waals surface area contributed by atoms with Crippen molar-refractivity contribution in [3.63, 3.8) is 0 Å². The molecule has 0 unspecified atom stereocenters. The smallest absolute Gasteiger partial charge is 0.258 e. The number of anilines is 2. The molecule has 1 N–H and O–H groups in total. The Morgan fingerprint density at radius 1 is 0.706 bits per heavy atom. The van der Waals surface area contributed by atoms with Crippen LogP contribution in [-0.2, 0) is 13.0 Å². The van der Waals surface area contributed by atoms with Gasteiger partial charge in [0.2, 0.25) is 0 Å². The molecule has 2 amide bonds. The molecule has 5 rings (SSSR count). The van der Waals surface area contributed by atoms with Gasteiger partial charge in [0, 0.05) is 32.5 Å². The molecule has 168 valence electrons. The second-order valence-electron chi connectivity index (χ2n) is 8.15. The number of nitrogens with one attached hydrogen (secondary N) is 1. The van der Waals surface area contributed by atoms with Crippen LogP contribution >= 0.6 is 23.2 Å². The molecule has 0 spiro atoms. The Hall–Kier alpha value is -3.60. The van der Waals surface area contributed by atoms with Crippen molar-refractivity contribution in [3.8, 4) is 0 Å². The zero-order valence-corrected chi connectivity index (χ0v) is 19.6. The van der Waals surface area contributed by atoms with E-state index in [1.807, 2.05) is 30.3 Å². The van der Waals surface area contributed by atoms with Crippen LogP contribution in [0.2, 0.25) is 10.0 Å². The molecule has 0 aromatic heterocycles. The van der Waals surface area contributed by atoms with Gasteiger partial charge in [-0.3, -0.25) is 9.59 Å². The van der Waals surface area contributed by atoms with Crippen molar-refractivity contribution < 1.29 is 9.59 Å². The van der Waals surface area contributed by atoms with Gasteiger partial charge in [-0.25, -0.2) is 0 Å². The molecule has 0 aliphatic carbocycles. The minimum absolute atomic E-state index is 0.115. The second-order valence-corrected chi connectivity index (χ2v) is 9.02. The summed E-state index contributed by atoms with van der Waals surface area (Å²) < 4.78 is 0. The van der Waals surface area contributed by atoms with Gasteiger partial charge in [0.05, 0.1) is 6.54 Å². The molecule has 1 heterocycles. The number of benzene rings is 4. The molecule has 0 radical (unpaired) electrons. The first-order valence-electron chi connectivity index (χ1n) is 10.8. The van der Waals surface area contributed by atoms with Crippen LogP contribution in [0.4, 0.5) is 11.4 Å². The summed E-state index contributed by atoms with van der Waals surface area (Å²) in [5.41, 5.74) is 5.79. The van der Waals surface area contributed by atoms with E-state index in [4.69, 9.17) is 23.2 Å². The maximum Gasteiger partial charge on any atom is 0.258 e. The minimum Gasteiger partial charge on any atom is -0.322 e. The molecule has 0 fully saturated rings. The van der Waals surface area contributed by atoms with Crippen LogP contribution in [0.25, 0.3) is 0 Å². The van der Waals surface area contributed by atoms with E-state index < -0.39 is 0 Å². The lowest BCUT2D eigenvalue weighted by molar-refractivity contribution is 0.0984. The van der Waals surface area contributed by atoms with Gasteiger partial charge in [-0.05, 0) is 89.8 Å². The Balaban J connectivity index is 1.40. The van der Waals surface area contributed by atoms with Gasteiger partial charge in [0.1, 0.15) is 0 Å². The molecule has 0 saturated heterocycles. The molecule has 4 aromatic carbocycles. The number of rotatable bonds is 3. The summed E-state index contributed by atoms with van der Waals surface area (Å²) in [5.74, 6) is -0.360. The van der Waals surface area contributed by atoms with E-state index in [1.54, 1.807) is 53.4 Å². The predicted molar refractivity (Wildman–Crippen MR) is 137 cm³/mol. The topological polar surface area (TPSA) is 49.4 Å². The van der Waals surface area contributed by atoms with Gasteiger partial charge in [-0.1, -0.05) is 47.5 Å². The summed E-state index contributed by atoms with van der Waals surface area (Å²) in [7, 11) is 0. The third kappa shape index (κ3) is 4.56. The molecule has 34 heavy (non-hydrogen) atoms. The van der Waals surface area contributed by atoms with Crippen molar-refractivity contribution in [2.75, 3.05) is 10.2 Å². The van der Waals surface area contributed by atoms with Crippen LogP contribution < -0.4 is 10.2 Å². The van der Waals surface area contributed by atoms with Gasteiger partial charge in [0.15, 0.2) is 0 Å². The van der Waals surface area contributed by atoms with Crippen molar-refractivity contribution in [1.82, 2.24) is 0 Å². The Morgan fingerprint density at radius 2 is 1.35 bits per heavy atom. The fraction of sp³-hybridized carbons (Fsp3) is 0.0714. The Bertz CT molecular complexity index is 1380. The molecule has 0 bridgehead atoms. The Labute approximate surface area is 207 Å². The van der Waals surface area contributed by atoms with Crippen LogP contribution in [0.1, 0.15) is 37.4 Å². The van der Waals surface area contributed by atoms with Gasteiger partial charge in [0.25, 0.3) is 11.8 Å². The third-order valence-corrected chi connectivity index (χ3v) is 6.39. The average molecular weight is 487 g/mol. The molecule has 0 saturated carbocycles. The number of halogens is 2. The second kappa shape index (κ2) is 9.34. The normalized spacial score (nSPS) is 12.4. The van der Waals surface area contributed by atoms with Gasteiger partial charge in [-0.2, -0.15) is 0 Å². The summed E-state index contributed by atoms with van der Waals surface area (Å²) in [4.78, 5) is 27.9. The fourth-order valence-electron chi connectivity index (χ4n) is 4.14. The Kier molecular flexibility index (Phi) is 6.10. The van der Waals surface area contributed by atoms with Crippen molar-refractivity contribution in [2.45, 2.75) is 13.0 Å². The standard InChI is InChI=1S/C28H20Cl2N2O2/c29-23-9-5-18(6-10-23)27(33)31-25-12-7-19(8-13-25)28(34)32-17-21-4-2-1-3-20(21)15-22-16-24(30)11-14-26(22)32/h1-14,16H,15,17H2,(H,31,33). The van der Waals surface area contributed by atoms with Crippen LogP contribution in [0.3, 0.4) is 0 Å². The molecule has 6 heteroatoms. The van der Waals surface area contributed by atoms with Crippen LogP contribution in [0.15, 0.2) is 91.0 Å². The molecule has 1 aliphatic heterocycles. The highest BCUT2D eigenvalue weighted by Gasteiger charge is 2.25.